The summed E-state index contributed by atoms with van der Waals surface area (Å²) in [5.41, 5.74) is 4.82. The number of carbonyl (C=O) groups is 2. The van der Waals surface area contributed by atoms with Crippen molar-refractivity contribution in [1.82, 2.24) is 0 Å². The zero-order valence-electron chi connectivity index (χ0n) is 6.12. The van der Waals surface area contributed by atoms with E-state index in [4.69, 9.17) is 10.8 Å². The summed E-state index contributed by atoms with van der Waals surface area (Å²) >= 11 is 0. The molecule has 0 rings (SSSR count). The summed E-state index contributed by atoms with van der Waals surface area (Å²) in [5.74, 6) is -2.33. The first-order valence-electron chi connectivity index (χ1n) is 3.20. The molecule has 0 bridgehead atoms. The Morgan fingerprint density at radius 1 is 1.64 bits per heavy atom. The molecule has 1 unspecified atom stereocenters. The van der Waals surface area contributed by atoms with Gasteiger partial charge >= 0.3 is 5.97 Å². The van der Waals surface area contributed by atoms with Crippen molar-refractivity contribution in [1.29, 1.82) is 0 Å². The quantitative estimate of drug-likeness (QED) is 0.557. The van der Waals surface area contributed by atoms with Crippen molar-refractivity contribution in [3.05, 3.63) is 12.7 Å². The number of allylic oxidation sites excluding steroid dienone is 1. The molecule has 0 spiro atoms. The van der Waals surface area contributed by atoms with Crippen LogP contribution in [-0.4, -0.2) is 17.0 Å². The molecule has 0 aromatic carbocycles. The van der Waals surface area contributed by atoms with Crippen LogP contribution in [0.5, 0.6) is 0 Å². The minimum atomic E-state index is -1.01. The summed E-state index contributed by atoms with van der Waals surface area (Å²) < 4.78 is 0. The molecule has 0 aliphatic rings. The van der Waals surface area contributed by atoms with E-state index in [0.717, 1.165) is 0 Å². The number of carbonyl (C=O) groups excluding carboxylic acids is 1. The fourth-order valence-electron chi connectivity index (χ4n) is 0.715. The Morgan fingerprint density at radius 2 is 2.18 bits per heavy atom. The number of primary amides is 1. The number of rotatable bonds is 5. The summed E-state index contributed by atoms with van der Waals surface area (Å²) in [4.78, 5) is 20.7. The second-order valence-corrected chi connectivity index (χ2v) is 2.23. The van der Waals surface area contributed by atoms with Gasteiger partial charge in [0, 0.05) is 6.42 Å². The van der Waals surface area contributed by atoms with E-state index < -0.39 is 17.8 Å². The fraction of sp³-hybridized carbons (Fsp3) is 0.429. The third kappa shape index (κ3) is 4.13. The molecule has 0 radical (unpaired) electrons. The summed E-state index contributed by atoms with van der Waals surface area (Å²) in [6.45, 7) is 3.37. The average Bonchev–Trinajstić information content (AvgIpc) is 1.86. The maximum Gasteiger partial charge on any atom is 0.307 e. The predicted octanol–water partition coefficient (Wildman–Crippen LogP) is 0.139. The normalized spacial score (nSPS) is 12.0. The fourth-order valence-corrected chi connectivity index (χ4v) is 0.715. The number of carboxylic acids is 1. The highest BCUT2D eigenvalue weighted by atomic mass is 16.4. The van der Waals surface area contributed by atoms with Crippen LogP contribution in [0.1, 0.15) is 12.8 Å². The number of hydrogen-bond donors (Lipinski definition) is 2. The maximum atomic E-state index is 10.4. The van der Waals surface area contributed by atoms with Crippen LogP contribution in [0.15, 0.2) is 12.7 Å². The van der Waals surface area contributed by atoms with Crippen LogP contribution in [0.2, 0.25) is 0 Å². The summed E-state index contributed by atoms with van der Waals surface area (Å²) in [6, 6.07) is 0. The lowest BCUT2D eigenvalue weighted by molar-refractivity contribution is -0.143. The molecule has 4 nitrogen and oxygen atoms in total. The molecular weight excluding hydrogens is 146 g/mol. The van der Waals surface area contributed by atoms with Crippen LogP contribution in [-0.2, 0) is 9.59 Å². The maximum absolute atomic E-state index is 10.4. The molecule has 62 valence electrons. The van der Waals surface area contributed by atoms with E-state index in [9.17, 15) is 9.59 Å². The van der Waals surface area contributed by atoms with E-state index in [0.29, 0.717) is 0 Å². The molecule has 0 fully saturated rings. The van der Waals surface area contributed by atoms with Crippen LogP contribution in [0, 0.1) is 5.92 Å². The van der Waals surface area contributed by atoms with Crippen molar-refractivity contribution in [2.45, 2.75) is 12.8 Å². The third-order valence-corrected chi connectivity index (χ3v) is 1.25. The molecule has 0 aliphatic heterocycles. The van der Waals surface area contributed by atoms with Crippen molar-refractivity contribution >= 4 is 11.9 Å². The van der Waals surface area contributed by atoms with Gasteiger partial charge in [-0.1, -0.05) is 6.08 Å². The van der Waals surface area contributed by atoms with Crippen molar-refractivity contribution in [2.75, 3.05) is 0 Å². The topological polar surface area (TPSA) is 80.4 Å². The minimum absolute atomic E-state index is 0.124. The van der Waals surface area contributed by atoms with Gasteiger partial charge in [-0.25, -0.2) is 0 Å². The van der Waals surface area contributed by atoms with E-state index in [1.807, 2.05) is 0 Å². The SMILES string of the molecule is C=CCC(CC(N)=O)C(=O)O. The van der Waals surface area contributed by atoms with Gasteiger partial charge in [0.1, 0.15) is 0 Å². The zero-order valence-corrected chi connectivity index (χ0v) is 6.12. The second kappa shape index (κ2) is 4.49. The summed E-state index contributed by atoms with van der Waals surface area (Å²) in [7, 11) is 0. The lowest BCUT2D eigenvalue weighted by Crippen LogP contribution is -2.21. The highest BCUT2D eigenvalue weighted by Gasteiger charge is 2.17. The average molecular weight is 157 g/mol. The van der Waals surface area contributed by atoms with E-state index in [-0.39, 0.29) is 12.8 Å². The van der Waals surface area contributed by atoms with E-state index in [1.54, 1.807) is 0 Å². The summed E-state index contributed by atoms with van der Waals surface area (Å²) in [5, 5.41) is 8.50. The lowest BCUT2D eigenvalue weighted by atomic mass is 10.0. The molecule has 4 heteroatoms. The number of nitrogens with two attached hydrogens (primary N) is 1. The van der Waals surface area contributed by atoms with Crippen LogP contribution in [0.4, 0.5) is 0 Å². The van der Waals surface area contributed by atoms with E-state index >= 15 is 0 Å². The molecule has 0 heterocycles. The van der Waals surface area contributed by atoms with E-state index in [2.05, 4.69) is 6.58 Å². The van der Waals surface area contributed by atoms with Gasteiger partial charge in [-0.05, 0) is 6.42 Å². The molecule has 11 heavy (non-hydrogen) atoms. The summed E-state index contributed by atoms with van der Waals surface area (Å²) in [6.07, 6.45) is 1.61. The zero-order chi connectivity index (χ0) is 8.85. The van der Waals surface area contributed by atoms with Gasteiger partial charge < -0.3 is 10.8 Å². The smallest absolute Gasteiger partial charge is 0.307 e. The van der Waals surface area contributed by atoms with Crippen molar-refractivity contribution in [2.24, 2.45) is 11.7 Å². The third-order valence-electron chi connectivity index (χ3n) is 1.25. The van der Waals surface area contributed by atoms with Gasteiger partial charge in [-0.3, -0.25) is 9.59 Å². The second-order valence-electron chi connectivity index (χ2n) is 2.23. The van der Waals surface area contributed by atoms with Crippen LogP contribution in [0.25, 0.3) is 0 Å². The van der Waals surface area contributed by atoms with Crippen molar-refractivity contribution in [3.63, 3.8) is 0 Å². The molecule has 1 atom stereocenters. The molecule has 0 saturated carbocycles. The first-order valence-corrected chi connectivity index (χ1v) is 3.20. The molecule has 0 saturated heterocycles. The van der Waals surface area contributed by atoms with Crippen LogP contribution >= 0.6 is 0 Å². The van der Waals surface area contributed by atoms with Crippen molar-refractivity contribution < 1.29 is 14.7 Å². The molecular formula is C7H11NO3. The first kappa shape index (κ1) is 9.68. The van der Waals surface area contributed by atoms with Crippen LogP contribution in [0.3, 0.4) is 0 Å². The van der Waals surface area contributed by atoms with Gasteiger partial charge in [0.25, 0.3) is 0 Å². The number of amides is 1. The van der Waals surface area contributed by atoms with Gasteiger partial charge in [0.2, 0.25) is 5.91 Å². The Labute approximate surface area is 64.7 Å². The first-order chi connectivity index (χ1) is 5.07. The highest BCUT2D eigenvalue weighted by molar-refractivity contribution is 5.81. The van der Waals surface area contributed by atoms with E-state index in [1.165, 1.54) is 6.08 Å². The standard InChI is InChI=1S/C7H11NO3/c1-2-3-5(7(10)11)4-6(8)9/h2,5H,1,3-4H2,(H2,8,9)(H,10,11). The molecule has 0 aliphatic carbocycles. The largest absolute Gasteiger partial charge is 0.481 e. The van der Waals surface area contributed by atoms with Crippen molar-refractivity contribution in [3.8, 4) is 0 Å². The Balaban J connectivity index is 3.99. The molecule has 3 N–H and O–H groups in total. The van der Waals surface area contributed by atoms with Gasteiger partial charge in [-0.15, -0.1) is 6.58 Å². The molecule has 0 aromatic heterocycles. The number of carboxylic acid groups (broad SMARTS) is 1. The monoisotopic (exact) mass is 157 g/mol. The number of aliphatic carboxylic acids is 1. The number of hydrogen-bond acceptors (Lipinski definition) is 2. The predicted molar refractivity (Wildman–Crippen MR) is 39.8 cm³/mol. The Kier molecular flexibility index (Phi) is 3.95. The molecule has 0 aromatic rings. The van der Waals surface area contributed by atoms with Gasteiger partial charge in [0.05, 0.1) is 5.92 Å². The Morgan fingerprint density at radius 3 is 2.45 bits per heavy atom. The Bertz CT molecular complexity index is 177. The van der Waals surface area contributed by atoms with Gasteiger partial charge in [-0.2, -0.15) is 0 Å². The minimum Gasteiger partial charge on any atom is -0.481 e. The Hall–Kier alpha value is -1.32. The lowest BCUT2D eigenvalue weighted by Gasteiger charge is -2.05. The highest BCUT2D eigenvalue weighted by Crippen LogP contribution is 2.08. The van der Waals surface area contributed by atoms with Crippen LogP contribution < -0.4 is 5.73 Å². The van der Waals surface area contributed by atoms with Gasteiger partial charge in [0.15, 0.2) is 0 Å². The molecule has 1 amide bonds.